The van der Waals surface area contributed by atoms with Gasteiger partial charge in [0.15, 0.2) is 16.9 Å². The molecule has 3 aromatic heterocycles. The maximum Gasteiger partial charge on any atom is 0.332 e. The number of carbonyl (C=O) groups excluding carboxylic acids is 1. The Morgan fingerprint density at radius 3 is 2.57 bits per heavy atom. The molecule has 1 fully saturated rings. The lowest BCUT2D eigenvalue weighted by molar-refractivity contribution is 0.0479. The summed E-state index contributed by atoms with van der Waals surface area (Å²) in [5, 5.41) is 10.6. The van der Waals surface area contributed by atoms with Crippen LogP contribution < -0.4 is 11.2 Å². The molecule has 1 aliphatic rings. The average Bonchev–Trinajstić information content (AvgIpc) is 3.41. The number of piperazine rings is 1. The summed E-state index contributed by atoms with van der Waals surface area (Å²) in [5.41, 5.74) is -0.309. The van der Waals surface area contributed by atoms with E-state index in [-0.39, 0.29) is 18.0 Å². The summed E-state index contributed by atoms with van der Waals surface area (Å²) in [7, 11) is 2.97. The van der Waals surface area contributed by atoms with Gasteiger partial charge in [-0.25, -0.2) is 9.78 Å². The number of hydrogen-bond donors (Lipinski definition) is 1. The first-order chi connectivity index (χ1) is 14.4. The van der Waals surface area contributed by atoms with Crippen molar-refractivity contribution in [3.63, 3.8) is 0 Å². The number of aliphatic hydroxyl groups is 1. The molecule has 0 saturated carbocycles. The number of rotatable bonds is 5. The zero-order valence-corrected chi connectivity index (χ0v) is 16.9. The van der Waals surface area contributed by atoms with Crippen LogP contribution in [0.4, 0.5) is 0 Å². The van der Waals surface area contributed by atoms with Gasteiger partial charge in [0.2, 0.25) is 0 Å². The number of aliphatic hydroxyl groups excluding tert-OH is 1. The van der Waals surface area contributed by atoms with Crippen molar-refractivity contribution >= 4 is 17.1 Å². The van der Waals surface area contributed by atoms with E-state index in [1.165, 1.54) is 24.2 Å². The predicted molar refractivity (Wildman–Crippen MR) is 107 cm³/mol. The molecule has 4 heterocycles. The number of hydrogen-bond acceptors (Lipinski definition) is 7. The fraction of sp³-hybridized carbons (Fsp3) is 0.474. The highest BCUT2D eigenvalue weighted by molar-refractivity contribution is 5.91. The molecule has 1 aliphatic heterocycles. The number of β-amino-alcohol motifs (C(OH)–C–C–N with tert-alkyl or cyclic N) is 1. The third-order valence-corrected chi connectivity index (χ3v) is 5.49. The lowest BCUT2D eigenvalue weighted by atomic mass is 10.2. The van der Waals surface area contributed by atoms with Crippen LogP contribution in [0.5, 0.6) is 0 Å². The zero-order valence-electron chi connectivity index (χ0n) is 16.9. The van der Waals surface area contributed by atoms with Crippen molar-refractivity contribution in [2.45, 2.75) is 12.6 Å². The first-order valence-electron chi connectivity index (χ1n) is 9.71. The maximum absolute atomic E-state index is 12.5. The molecule has 1 saturated heterocycles. The fourth-order valence-corrected chi connectivity index (χ4v) is 3.81. The van der Waals surface area contributed by atoms with E-state index in [2.05, 4.69) is 9.88 Å². The minimum absolute atomic E-state index is 0.133. The molecule has 0 bridgehead atoms. The molecule has 4 rings (SSSR count). The molecule has 0 aromatic carbocycles. The number of imidazole rings is 1. The largest absolute Gasteiger partial charge is 0.459 e. The smallest absolute Gasteiger partial charge is 0.332 e. The molecule has 30 heavy (non-hydrogen) atoms. The van der Waals surface area contributed by atoms with Gasteiger partial charge in [0, 0.05) is 46.8 Å². The second-order valence-corrected chi connectivity index (χ2v) is 7.50. The van der Waals surface area contributed by atoms with E-state index in [9.17, 15) is 19.5 Å². The van der Waals surface area contributed by atoms with E-state index >= 15 is 0 Å². The SMILES string of the molecule is Cn1c(=O)c2c(ncn2CC(O)CN2CCN(C(=O)c3ccco3)CC2)n(C)c1=O. The molecular weight excluding hydrogens is 392 g/mol. The molecule has 3 aromatic rings. The Balaban J connectivity index is 1.39. The van der Waals surface area contributed by atoms with Crippen molar-refractivity contribution < 1.29 is 14.3 Å². The molecule has 1 atom stereocenters. The van der Waals surface area contributed by atoms with Gasteiger partial charge >= 0.3 is 5.69 Å². The van der Waals surface area contributed by atoms with Crippen LogP contribution in [0.1, 0.15) is 10.6 Å². The average molecular weight is 416 g/mol. The predicted octanol–water partition coefficient (Wildman–Crippen LogP) is -1.15. The molecule has 0 spiro atoms. The topological polar surface area (TPSA) is 119 Å². The third-order valence-electron chi connectivity index (χ3n) is 5.49. The van der Waals surface area contributed by atoms with Gasteiger partial charge in [-0.1, -0.05) is 0 Å². The van der Waals surface area contributed by atoms with Crippen LogP contribution in [0, 0.1) is 0 Å². The van der Waals surface area contributed by atoms with Gasteiger partial charge in [0.05, 0.1) is 25.2 Å². The summed E-state index contributed by atoms with van der Waals surface area (Å²) in [4.78, 5) is 44.8. The van der Waals surface area contributed by atoms with Crippen LogP contribution in [0.2, 0.25) is 0 Å². The molecule has 1 amide bonds. The van der Waals surface area contributed by atoms with Gasteiger partial charge in [0.25, 0.3) is 11.5 Å². The standard InChI is InChI=1S/C19H24N6O5/c1-21-16-15(18(28)22(2)19(21)29)25(12-20-16)11-13(26)10-23-5-7-24(8-6-23)17(27)14-4-3-9-30-14/h3-4,9,12-13,26H,5-8,10-11H2,1-2H3. The van der Waals surface area contributed by atoms with Crippen LogP contribution in [0.25, 0.3) is 11.2 Å². The number of carbonyl (C=O) groups is 1. The summed E-state index contributed by atoms with van der Waals surface area (Å²) in [6.07, 6.45) is 2.20. The number of furan rings is 1. The number of aryl methyl sites for hydroxylation is 1. The summed E-state index contributed by atoms with van der Waals surface area (Å²) in [5.74, 6) is 0.193. The highest BCUT2D eigenvalue weighted by atomic mass is 16.3. The summed E-state index contributed by atoms with van der Waals surface area (Å²) >= 11 is 0. The highest BCUT2D eigenvalue weighted by Gasteiger charge is 2.25. The van der Waals surface area contributed by atoms with Gasteiger partial charge in [-0.05, 0) is 12.1 Å². The Morgan fingerprint density at radius 2 is 1.90 bits per heavy atom. The molecule has 1 N–H and O–H groups in total. The number of amides is 1. The Bertz CT molecular complexity index is 1170. The molecule has 0 radical (unpaired) electrons. The molecule has 11 nitrogen and oxygen atoms in total. The number of fused-ring (bicyclic) bond motifs is 1. The van der Waals surface area contributed by atoms with Crippen molar-refractivity contribution in [2.24, 2.45) is 14.1 Å². The fourth-order valence-electron chi connectivity index (χ4n) is 3.81. The van der Waals surface area contributed by atoms with E-state index in [1.54, 1.807) is 28.6 Å². The number of nitrogens with zero attached hydrogens (tertiary/aromatic N) is 6. The Hall–Kier alpha value is -3.18. The normalized spacial score (nSPS) is 16.3. The van der Waals surface area contributed by atoms with Crippen LogP contribution in [0.3, 0.4) is 0 Å². The summed E-state index contributed by atoms with van der Waals surface area (Å²) in [6.45, 7) is 2.92. The van der Waals surface area contributed by atoms with E-state index in [1.807, 2.05) is 0 Å². The van der Waals surface area contributed by atoms with Gasteiger partial charge in [-0.15, -0.1) is 0 Å². The Kier molecular flexibility index (Phi) is 5.31. The van der Waals surface area contributed by atoms with Gasteiger partial charge in [-0.2, -0.15) is 0 Å². The molecule has 160 valence electrons. The Labute approximate surface area is 171 Å². The van der Waals surface area contributed by atoms with Crippen LogP contribution in [-0.2, 0) is 20.6 Å². The van der Waals surface area contributed by atoms with Crippen LogP contribution in [-0.4, -0.2) is 78.3 Å². The molecule has 11 heteroatoms. The van der Waals surface area contributed by atoms with E-state index < -0.39 is 17.4 Å². The molecule has 0 aliphatic carbocycles. The number of aromatic nitrogens is 4. The zero-order chi connectivity index (χ0) is 21.4. The van der Waals surface area contributed by atoms with Gasteiger partial charge < -0.3 is 19.0 Å². The van der Waals surface area contributed by atoms with Crippen molar-refractivity contribution in [2.75, 3.05) is 32.7 Å². The molecular formula is C19H24N6O5. The van der Waals surface area contributed by atoms with E-state index in [4.69, 9.17) is 4.42 Å². The highest BCUT2D eigenvalue weighted by Crippen LogP contribution is 2.11. The summed E-state index contributed by atoms with van der Waals surface area (Å²) in [6, 6.07) is 3.33. The van der Waals surface area contributed by atoms with Crippen LogP contribution in [0.15, 0.2) is 38.7 Å². The first-order valence-corrected chi connectivity index (χ1v) is 9.71. The Morgan fingerprint density at radius 1 is 1.17 bits per heavy atom. The lowest BCUT2D eigenvalue weighted by Gasteiger charge is -2.35. The minimum Gasteiger partial charge on any atom is -0.459 e. The van der Waals surface area contributed by atoms with Crippen molar-refractivity contribution in [3.8, 4) is 0 Å². The second kappa shape index (κ2) is 7.92. The van der Waals surface area contributed by atoms with Crippen molar-refractivity contribution in [3.05, 3.63) is 51.3 Å². The summed E-state index contributed by atoms with van der Waals surface area (Å²) < 4.78 is 9.09. The van der Waals surface area contributed by atoms with Crippen LogP contribution >= 0.6 is 0 Å². The monoisotopic (exact) mass is 416 g/mol. The first kappa shape index (κ1) is 20.1. The maximum atomic E-state index is 12.5. The second-order valence-electron chi connectivity index (χ2n) is 7.50. The van der Waals surface area contributed by atoms with E-state index in [0.717, 1.165) is 4.57 Å². The quantitative estimate of drug-likeness (QED) is 0.558. The van der Waals surface area contributed by atoms with Gasteiger partial charge in [-0.3, -0.25) is 23.6 Å². The van der Waals surface area contributed by atoms with E-state index in [0.29, 0.717) is 44.1 Å². The molecule has 1 unspecified atom stereocenters. The van der Waals surface area contributed by atoms with Gasteiger partial charge in [0.1, 0.15) is 0 Å². The van der Waals surface area contributed by atoms with Crippen molar-refractivity contribution in [1.82, 2.24) is 28.5 Å². The minimum atomic E-state index is -0.739. The van der Waals surface area contributed by atoms with Crippen molar-refractivity contribution in [1.29, 1.82) is 0 Å². The third kappa shape index (κ3) is 3.57. The lowest BCUT2D eigenvalue weighted by Crippen LogP contribution is -2.50.